The molecule has 0 saturated carbocycles. The summed E-state index contributed by atoms with van der Waals surface area (Å²) in [6, 6.07) is 21.5. The van der Waals surface area contributed by atoms with Crippen molar-refractivity contribution < 1.29 is 75.4 Å². The molecule has 0 radical (unpaired) electrons. The Morgan fingerprint density at radius 1 is 0.606 bits per heavy atom. The van der Waals surface area contributed by atoms with Crippen molar-refractivity contribution >= 4 is 35.9 Å². The van der Waals surface area contributed by atoms with E-state index in [0.717, 1.165) is 48.5 Å². The van der Waals surface area contributed by atoms with Gasteiger partial charge in [0.25, 0.3) is 0 Å². The van der Waals surface area contributed by atoms with Gasteiger partial charge in [-0.1, -0.05) is 150 Å². The SMILES string of the molecule is CC(C)(C)C1=CC(C)(C)c2cc3[cH-]c4cc5c(cc4c3cc21)C(C(C)(C)C)=CC5(C)C.CCC1[C-]=CC(C(C)(C)C)=C1.FC(F)(F)c1cccc([C](=[Zr+2])c2cccc(C(F)(F)F)c2)c1.[Cl-].[Cl-]. The Morgan fingerprint density at radius 3 is 1.30 bits per heavy atom. The third kappa shape index (κ3) is 11.7. The summed E-state index contributed by atoms with van der Waals surface area (Å²) in [5, 5.41) is 5.58. The molecular weight excluding hydrogens is 961 g/mol. The molecule has 8 rings (SSSR count). The molecule has 9 heteroatoms. The van der Waals surface area contributed by atoms with Crippen LogP contribution in [0.15, 0.2) is 109 Å². The first-order valence-corrected chi connectivity index (χ1v) is 23.4. The minimum atomic E-state index is -4.49. The zero-order valence-corrected chi connectivity index (χ0v) is 44.6. The van der Waals surface area contributed by atoms with Gasteiger partial charge in [0.15, 0.2) is 0 Å². The van der Waals surface area contributed by atoms with E-state index in [9.17, 15) is 26.3 Å². The zero-order valence-electron chi connectivity index (χ0n) is 40.6. The van der Waals surface area contributed by atoms with E-state index in [1.54, 1.807) is 0 Å². The average Bonchev–Trinajstić information content (AvgIpc) is 3.94. The molecule has 1 atom stereocenters. The van der Waals surface area contributed by atoms with Crippen molar-refractivity contribution in [3.63, 3.8) is 0 Å². The van der Waals surface area contributed by atoms with Gasteiger partial charge in [-0.25, -0.2) is 6.08 Å². The molecule has 0 aromatic heterocycles. The number of hydrogen-bond acceptors (Lipinski definition) is 0. The largest absolute Gasteiger partial charge is 1.00 e. The third-order valence-electron chi connectivity index (χ3n) is 12.7. The molecule has 5 aromatic rings. The maximum absolute atomic E-state index is 12.7. The van der Waals surface area contributed by atoms with Crippen molar-refractivity contribution in [3.05, 3.63) is 159 Å². The Balaban J connectivity index is 0.000000238. The van der Waals surface area contributed by atoms with Gasteiger partial charge in [0.2, 0.25) is 0 Å². The molecule has 0 aliphatic heterocycles. The fourth-order valence-electron chi connectivity index (χ4n) is 8.97. The zero-order chi connectivity index (χ0) is 47.7. The maximum Gasteiger partial charge on any atom is -1.00 e. The van der Waals surface area contributed by atoms with Crippen LogP contribution in [-0.4, -0.2) is 3.21 Å². The van der Waals surface area contributed by atoms with Crippen molar-refractivity contribution in [2.24, 2.45) is 22.2 Å². The molecule has 0 spiro atoms. The molecule has 0 heterocycles. The summed E-state index contributed by atoms with van der Waals surface area (Å²) in [5.74, 6) is 0.573. The molecule has 0 fully saturated rings. The van der Waals surface area contributed by atoms with Crippen LogP contribution in [0.25, 0.3) is 32.7 Å². The molecule has 3 aliphatic carbocycles. The minimum absolute atomic E-state index is 0. The number of rotatable bonds is 3. The number of fused-ring (bicyclic) bond motifs is 5. The average molecular weight is 1020 g/mol. The molecule has 0 N–H and O–H groups in total. The van der Waals surface area contributed by atoms with Crippen LogP contribution < -0.4 is 24.8 Å². The molecule has 0 saturated heterocycles. The van der Waals surface area contributed by atoms with E-state index in [0.29, 0.717) is 14.5 Å². The van der Waals surface area contributed by atoms with E-state index >= 15 is 0 Å². The van der Waals surface area contributed by atoms with E-state index in [-0.39, 0.29) is 57.6 Å². The summed E-state index contributed by atoms with van der Waals surface area (Å²) in [6.45, 7) is 32.4. The first-order valence-electron chi connectivity index (χ1n) is 22.2. The summed E-state index contributed by atoms with van der Waals surface area (Å²) >= 11 is 0.729. The Hall–Kier alpha value is -3.38. The molecule has 0 nitrogen and oxygen atoms in total. The number of halogens is 8. The number of alkyl halides is 6. The van der Waals surface area contributed by atoms with E-state index in [2.05, 4.69) is 158 Å². The Labute approximate surface area is 416 Å². The van der Waals surface area contributed by atoms with Gasteiger partial charge in [-0.05, 0) is 33.1 Å². The van der Waals surface area contributed by atoms with Crippen molar-refractivity contribution in [1.29, 1.82) is 0 Å². The summed E-state index contributed by atoms with van der Waals surface area (Å²) in [7, 11) is 0. The van der Waals surface area contributed by atoms with Crippen molar-refractivity contribution in [1.82, 2.24) is 0 Å². The number of hydrogen-bond donors (Lipinski definition) is 0. The van der Waals surface area contributed by atoms with Gasteiger partial charge in [0, 0.05) is 10.8 Å². The topological polar surface area (TPSA) is 0 Å². The van der Waals surface area contributed by atoms with Gasteiger partial charge in [-0.3, -0.25) is 6.08 Å². The van der Waals surface area contributed by atoms with Crippen LogP contribution in [0.4, 0.5) is 26.3 Å². The van der Waals surface area contributed by atoms with E-state index in [1.807, 2.05) is 0 Å². The smallest absolute Gasteiger partial charge is 1.00 e. The summed E-state index contributed by atoms with van der Waals surface area (Å²) < 4.78 is 76.7. The fraction of sp³-hybridized carbons (Fsp3) is 0.404. The summed E-state index contributed by atoms with van der Waals surface area (Å²) in [6.07, 6.45) is 5.03. The normalized spacial score (nSPS) is 17.3. The Morgan fingerprint density at radius 2 is 1.00 bits per heavy atom. The molecule has 66 heavy (non-hydrogen) atoms. The first-order chi connectivity index (χ1) is 29.2. The monoisotopic (exact) mass is 1020 g/mol. The standard InChI is InChI=1S/C31H37.C15H8F6.C11H17.2ClH.Zr/c1-28(2,3)26-16-30(7,8)24-12-18-11-19-13-25-23(15-21(19)20(18)14-22(24)26)27(29(4,5)6)17-31(25,9)10;16-14(17,18)12-5-1-3-10(8-12)7-11-4-2-6-13(9-11)15(19,20)21;1-5-9-6-7-10(8-9)11(2,3)4;;;/h11-17H,1-10H3;1-6,8-9H;7-9H,5H2,1-4H3;2*1H;/q-1;;-1;;;+2/p-2. The van der Waals surface area contributed by atoms with Gasteiger partial charge in [-0.2, -0.15) is 11.6 Å². The van der Waals surface area contributed by atoms with Crippen LogP contribution in [0.5, 0.6) is 0 Å². The molecule has 0 amide bonds. The molecule has 5 aromatic carbocycles. The second-order valence-corrected chi connectivity index (χ2v) is 23.1. The van der Waals surface area contributed by atoms with Crippen LogP contribution in [0, 0.1) is 28.2 Å². The third-order valence-corrected chi connectivity index (χ3v) is 14.1. The van der Waals surface area contributed by atoms with E-state index < -0.39 is 23.5 Å². The van der Waals surface area contributed by atoms with E-state index in [4.69, 9.17) is 0 Å². The number of benzene rings is 4. The van der Waals surface area contributed by atoms with Gasteiger partial charge in [-0.15, -0.1) is 39.7 Å². The van der Waals surface area contributed by atoms with Crippen LogP contribution in [0.2, 0.25) is 0 Å². The van der Waals surface area contributed by atoms with Crippen LogP contribution in [0.3, 0.4) is 0 Å². The molecule has 352 valence electrons. The number of allylic oxidation sites excluding steroid dienone is 8. The van der Waals surface area contributed by atoms with Gasteiger partial charge in [0.1, 0.15) is 0 Å². The molecule has 3 aliphatic rings. The van der Waals surface area contributed by atoms with Crippen molar-refractivity contribution in [2.75, 3.05) is 0 Å². The first kappa shape index (κ1) is 55.2. The second kappa shape index (κ2) is 19.2. The summed E-state index contributed by atoms with van der Waals surface area (Å²) in [4.78, 5) is 0. The maximum atomic E-state index is 12.7. The summed E-state index contributed by atoms with van der Waals surface area (Å²) in [5.41, 5.74) is 9.92. The predicted molar refractivity (Wildman–Crippen MR) is 253 cm³/mol. The quantitative estimate of drug-likeness (QED) is 0.125. The van der Waals surface area contributed by atoms with Crippen molar-refractivity contribution in [2.45, 2.75) is 127 Å². The fourth-order valence-corrected chi connectivity index (χ4v) is 9.74. The van der Waals surface area contributed by atoms with Gasteiger partial charge >= 0.3 is 137 Å². The molecule has 1 unspecified atom stereocenters. The molecular formula is C57H62Cl2F6Zr-2. The van der Waals surface area contributed by atoms with Crippen LogP contribution in [-0.2, 0) is 47.4 Å². The van der Waals surface area contributed by atoms with Crippen molar-refractivity contribution in [3.8, 4) is 0 Å². The van der Waals surface area contributed by atoms with Crippen LogP contribution >= 0.6 is 0 Å². The van der Waals surface area contributed by atoms with Gasteiger partial charge in [0.05, 0.1) is 0 Å². The van der Waals surface area contributed by atoms with Crippen LogP contribution in [0.1, 0.15) is 148 Å². The van der Waals surface area contributed by atoms with E-state index in [1.165, 1.54) is 91.2 Å². The Bertz CT molecular complexity index is 2580. The van der Waals surface area contributed by atoms with Gasteiger partial charge < -0.3 is 24.8 Å². The second-order valence-electron chi connectivity index (χ2n) is 21.9. The Kier molecular flexibility index (Phi) is 16.1. The predicted octanol–water partition coefficient (Wildman–Crippen LogP) is 11.4. The minimum Gasteiger partial charge on any atom is -1.00 e. The molecule has 0 bridgehead atoms.